The largest absolute Gasteiger partial charge is 0.495 e. The summed E-state index contributed by atoms with van der Waals surface area (Å²) in [6.45, 7) is 1.94. The highest BCUT2D eigenvalue weighted by molar-refractivity contribution is 7.98. The molecule has 34 heavy (non-hydrogen) atoms. The van der Waals surface area contributed by atoms with Gasteiger partial charge < -0.3 is 4.74 Å². The molecule has 2 aromatic heterocycles. The van der Waals surface area contributed by atoms with Crippen LogP contribution in [0.2, 0.25) is 0 Å². The van der Waals surface area contributed by atoms with Gasteiger partial charge in [0.05, 0.1) is 28.6 Å². The van der Waals surface area contributed by atoms with Gasteiger partial charge in [-0.15, -0.1) is 10.2 Å². The Labute approximate surface area is 197 Å². The number of para-hydroxylation sites is 1. The molecule has 0 fully saturated rings. The van der Waals surface area contributed by atoms with Crippen molar-refractivity contribution in [3.63, 3.8) is 0 Å². The van der Waals surface area contributed by atoms with Crippen LogP contribution in [0, 0.1) is 17.0 Å². The van der Waals surface area contributed by atoms with Gasteiger partial charge in [-0.2, -0.15) is 0 Å². The highest BCUT2D eigenvalue weighted by atomic mass is 32.2. The lowest BCUT2D eigenvalue weighted by molar-refractivity contribution is -0.384. The van der Waals surface area contributed by atoms with E-state index >= 15 is 0 Å². The van der Waals surface area contributed by atoms with Crippen molar-refractivity contribution in [3.8, 4) is 11.4 Å². The molecule has 0 N–H and O–H groups in total. The van der Waals surface area contributed by atoms with E-state index in [0.717, 1.165) is 11.1 Å². The molecule has 5 rings (SSSR count). The van der Waals surface area contributed by atoms with Crippen LogP contribution in [0.1, 0.15) is 11.1 Å². The van der Waals surface area contributed by atoms with Crippen LogP contribution >= 0.6 is 11.8 Å². The number of hydrogen-bond donors (Lipinski definition) is 0. The smallest absolute Gasteiger partial charge is 0.269 e. The van der Waals surface area contributed by atoms with Gasteiger partial charge in [0.25, 0.3) is 11.2 Å². The molecule has 0 aliphatic heterocycles. The van der Waals surface area contributed by atoms with Gasteiger partial charge in [0.2, 0.25) is 5.78 Å². The standard InChI is InChI=1S/C24H19N5O4S/c1-15-10-11-21(33-2)20(12-15)27-22(30)18-8-3-4-9-19(18)28-23(27)25-26-24(28)34-14-16-6-5-7-17(13-16)29(31)32/h3-13H,14H2,1-2H3. The molecule has 170 valence electrons. The predicted octanol–water partition coefficient (Wildman–Crippen LogP) is 4.55. The number of rotatable bonds is 6. The third-order valence-electron chi connectivity index (χ3n) is 5.46. The molecule has 0 radical (unpaired) electrons. The average Bonchev–Trinajstić information content (AvgIpc) is 3.27. The number of nitro benzene ring substituents is 1. The number of ether oxygens (including phenoxy) is 1. The monoisotopic (exact) mass is 473 g/mol. The SMILES string of the molecule is COc1ccc(C)cc1-n1c(=O)c2ccccc2n2c(SCc3cccc([N+](=O)[O-])c3)nnc12. The second kappa shape index (κ2) is 8.64. The first-order valence-electron chi connectivity index (χ1n) is 10.4. The number of aryl methyl sites for hydroxylation is 1. The topological polar surface area (TPSA) is 105 Å². The van der Waals surface area contributed by atoms with E-state index in [9.17, 15) is 14.9 Å². The second-order valence-corrected chi connectivity index (χ2v) is 8.61. The summed E-state index contributed by atoms with van der Waals surface area (Å²) in [5.74, 6) is 1.34. The molecule has 0 aliphatic rings. The number of hydrogen-bond acceptors (Lipinski definition) is 7. The van der Waals surface area contributed by atoms with Crippen LogP contribution in [0.3, 0.4) is 0 Å². The molecule has 0 atom stereocenters. The molecule has 0 bridgehead atoms. The highest BCUT2D eigenvalue weighted by Crippen LogP contribution is 2.29. The summed E-state index contributed by atoms with van der Waals surface area (Å²) >= 11 is 1.39. The van der Waals surface area contributed by atoms with Crippen molar-refractivity contribution >= 4 is 34.1 Å². The van der Waals surface area contributed by atoms with Crippen molar-refractivity contribution in [1.29, 1.82) is 0 Å². The first-order chi connectivity index (χ1) is 16.5. The first-order valence-corrected chi connectivity index (χ1v) is 11.4. The number of nitrogens with zero attached hydrogens (tertiary/aromatic N) is 5. The molecule has 0 amide bonds. The molecule has 10 heteroatoms. The Morgan fingerprint density at radius 3 is 2.68 bits per heavy atom. The highest BCUT2D eigenvalue weighted by Gasteiger charge is 2.20. The number of aromatic nitrogens is 4. The number of fused-ring (bicyclic) bond motifs is 3. The zero-order chi connectivity index (χ0) is 23.8. The lowest BCUT2D eigenvalue weighted by atomic mass is 10.2. The van der Waals surface area contributed by atoms with Crippen molar-refractivity contribution in [2.75, 3.05) is 7.11 Å². The van der Waals surface area contributed by atoms with Crippen molar-refractivity contribution in [1.82, 2.24) is 19.2 Å². The summed E-state index contributed by atoms with van der Waals surface area (Å²) in [6, 6.07) is 19.4. The fourth-order valence-electron chi connectivity index (χ4n) is 3.87. The minimum atomic E-state index is -0.415. The van der Waals surface area contributed by atoms with Gasteiger partial charge in [-0.05, 0) is 42.3 Å². The van der Waals surface area contributed by atoms with Crippen LogP contribution in [0.25, 0.3) is 22.4 Å². The first kappa shape index (κ1) is 21.7. The third-order valence-corrected chi connectivity index (χ3v) is 6.46. The van der Waals surface area contributed by atoms with Crippen LogP contribution in [-0.4, -0.2) is 31.2 Å². The Hall–Kier alpha value is -4.18. The van der Waals surface area contributed by atoms with Gasteiger partial charge in [0.1, 0.15) is 5.75 Å². The maximum absolute atomic E-state index is 13.6. The van der Waals surface area contributed by atoms with Crippen molar-refractivity contribution in [2.24, 2.45) is 0 Å². The Bertz CT molecular complexity index is 1630. The molecule has 0 aliphatic carbocycles. The van der Waals surface area contributed by atoms with Crippen LogP contribution in [0.4, 0.5) is 5.69 Å². The lowest BCUT2D eigenvalue weighted by Crippen LogP contribution is -2.22. The number of benzene rings is 3. The molecule has 2 heterocycles. The van der Waals surface area contributed by atoms with E-state index in [1.54, 1.807) is 25.3 Å². The quantitative estimate of drug-likeness (QED) is 0.202. The third kappa shape index (κ3) is 3.67. The summed E-state index contributed by atoms with van der Waals surface area (Å²) in [4.78, 5) is 24.3. The van der Waals surface area contributed by atoms with Gasteiger partial charge in [-0.3, -0.25) is 19.3 Å². The van der Waals surface area contributed by atoms with E-state index in [0.29, 0.717) is 39.0 Å². The minimum Gasteiger partial charge on any atom is -0.495 e. The summed E-state index contributed by atoms with van der Waals surface area (Å²) in [6.07, 6.45) is 0. The zero-order valence-electron chi connectivity index (χ0n) is 18.3. The Balaban J connectivity index is 1.70. The number of methoxy groups -OCH3 is 1. The molecular formula is C24H19N5O4S. The molecule has 0 spiro atoms. The molecule has 0 unspecified atom stereocenters. The molecule has 5 aromatic rings. The van der Waals surface area contributed by atoms with Gasteiger partial charge >= 0.3 is 0 Å². The van der Waals surface area contributed by atoms with Gasteiger partial charge in [0.15, 0.2) is 5.16 Å². The van der Waals surface area contributed by atoms with Crippen molar-refractivity contribution in [2.45, 2.75) is 17.8 Å². The Kier molecular flexibility index (Phi) is 5.50. The van der Waals surface area contributed by atoms with Crippen LogP contribution in [-0.2, 0) is 5.75 Å². The number of nitro groups is 1. The second-order valence-electron chi connectivity index (χ2n) is 7.67. The Morgan fingerprint density at radius 2 is 1.88 bits per heavy atom. The molecule has 3 aromatic carbocycles. The summed E-state index contributed by atoms with van der Waals surface area (Å²) < 4.78 is 8.88. The van der Waals surface area contributed by atoms with Crippen LogP contribution in [0.5, 0.6) is 5.75 Å². The van der Waals surface area contributed by atoms with E-state index in [-0.39, 0.29) is 11.2 Å². The van der Waals surface area contributed by atoms with Gasteiger partial charge in [0, 0.05) is 17.9 Å². The Morgan fingerprint density at radius 1 is 1.06 bits per heavy atom. The zero-order valence-corrected chi connectivity index (χ0v) is 19.2. The average molecular weight is 474 g/mol. The van der Waals surface area contributed by atoms with E-state index in [1.807, 2.05) is 53.8 Å². The number of non-ortho nitro benzene ring substituents is 1. The van der Waals surface area contributed by atoms with Crippen molar-refractivity contribution in [3.05, 3.63) is 98.3 Å². The predicted molar refractivity (Wildman–Crippen MR) is 130 cm³/mol. The van der Waals surface area contributed by atoms with E-state index < -0.39 is 4.92 Å². The summed E-state index contributed by atoms with van der Waals surface area (Å²) in [7, 11) is 1.56. The van der Waals surface area contributed by atoms with E-state index in [4.69, 9.17) is 4.74 Å². The maximum atomic E-state index is 13.6. The normalized spacial score (nSPS) is 11.2. The maximum Gasteiger partial charge on any atom is 0.269 e. The summed E-state index contributed by atoms with van der Waals surface area (Å²) in [5, 5.41) is 20.9. The molecule has 0 saturated carbocycles. The van der Waals surface area contributed by atoms with Gasteiger partial charge in [-0.25, -0.2) is 4.57 Å². The van der Waals surface area contributed by atoms with Crippen LogP contribution < -0.4 is 10.3 Å². The fourth-order valence-corrected chi connectivity index (χ4v) is 4.75. The minimum absolute atomic E-state index is 0.0371. The van der Waals surface area contributed by atoms with Gasteiger partial charge in [-0.1, -0.05) is 42.1 Å². The lowest BCUT2D eigenvalue weighted by Gasteiger charge is -2.14. The van der Waals surface area contributed by atoms with Crippen molar-refractivity contribution < 1.29 is 9.66 Å². The fraction of sp³-hybridized carbons (Fsp3) is 0.125. The molecule has 9 nitrogen and oxygen atoms in total. The van der Waals surface area contributed by atoms with E-state index in [2.05, 4.69) is 10.2 Å². The molecular weight excluding hydrogens is 454 g/mol. The van der Waals surface area contributed by atoms with Crippen LogP contribution in [0.15, 0.2) is 76.7 Å². The number of thioether (sulfide) groups is 1. The molecule has 0 saturated heterocycles. The van der Waals surface area contributed by atoms with E-state index in [1.165, 1.54) is 22.4 Å². The summed E-state index contributed by atoms with van der Waals surface area (Å²) in [5.41, 5.74) is 2.81.